The van der Waals surface area contributed by atoms with E-state index >= 15 is 0 Å². The monoisotopic (exact) mass is 260 g/mol. The largest absolute Gasteiger partial charge is 0.508 e. The lowest BCUT2D eigenvalue weighted by Crippen LogP contribution is -1.97. The third-order valence-corrected chi connectivity index (χ3v) is 3.94. The maximum absolute atomic E-state index is 12.4. The molecule has 0 unspecified atom stereocenters. The summed E-state index contributed by atoms with van der Waals surface area (Å²) >= 11 is 0. The van der Waals surface area contributed by atoms with E-state index in [1.165, 1.54) is 0 Å². The van der Waals surface area contributed by atoms with Gasteiger partial charge in [-0.25, -0.2) is 0 Å². The van der Waals surface area contributed by atoms with Gasteiger partial charge in [0, 0.05) is 12.0 Å². The Morgan fingerprint density at radius 2 is 1.70 bits per heavy atom. The second kappa shape index (κ2) is 3.94. The van der Waals surface area contributed by atoms with Crippen molar-refractivity contribution < 1.29 is 9.90 Å². The van der Waals surface area contributed by atoms with E-state index in [4.69, 9.17) is 0 Å². The number of carbonyl (C=O) groups is 1. The smallest absolute Gasteiger partial charge is 0.168 e. The van der Waals surface area contributed by atoms with Crippen LogP contribution in [0.1, 0.15) is 15.9 Å². The molecule has 0 amide bonds. The molecule has 0 aliphatic heterocycles. The molecule has 0 spiro atoms. The van der Waals surface area contributed by atoms with E-state index in [0.717, 1.165) is 33.0 Å². The van der Waals surface area contributed by atoms with Crippen LogP contribution in [0.3, 0.4) is 0 Å². The van der Waals surface area contributed by atoms with E-state index in [0.29, 0.717) is 6.42 Å². The summed E-state index contributed by atoms with van der Waals surface area (Å²) in [4.78, 5) is 12.4. The molecule has 0 fully saturated rings. The molecule has 0 atom stereocenters. The quantitative estimate of drug-likeness (QED) is 0.719. The number of phenols is 1. The minimum atomic E-state index is 0.180. The minimum absolute atomic E-state index is 0.180. The predicted octanol–water partition coefficient (Wildman–Crippen LogP) is 3.95. The van der Waals surface area contributed by atoms with Crippen LogP contribution in [0.2, 0.25) is 0 Å². The highest BCUT2D eigenvalue weighted by molar-refractivity contribution is 6.19. The summed E-state index contributed by atoms with van der Waals surface area (Å²) in [6, 6.07) is 17.1. The van der Waals surface area contributed by atoms with Crippen LogP contribution in [0.5, 0.6) is 5.75 Å². The van der Waals surface area contributed by atoms with Gasteiger partial charge < -0.3 is 5.11 Å². The first kappa shape index (κ1) is 11.2. The average Bonchev–Trinajstić information content (AvgIpc) is 2.80. The highest BCUT2D eigenvalue weighted by Gasteiger charge is 2.25. The van der Waals surface area contributed by atoms with Crippen molar-refractivity contribution in [3.63, 3.8) is 0 Å². The third-order valence-electron chi connectivity index (χ3n) is 3.94. The Labute approximate surface area is 116 Å². The topological polar surface area (TPSA) is 37.3 Å². The Morgan fingerprint density at radius 3 is 2.50 bits per heavy atom. The number of rotatable bonds is 1. The lowest BCUT2D eigenvalue weighted by molar-refractivity contribution is 0.100. The summed E-state index contributed by atoms with van der Waals surface area (Å²) in [6.07, 6.45) is 0.488. The molecular formula is C18H12O2. The summed E-state index contributed by atoms with van der Waals surface area (Å²) in [5.74, 6) is 0.415. The van der Waals surface area contributed by atoms with Crippen LogP contribution in [0, 0.1) is 0 Å². The van der Waals surface area contributed by atoms with E-state index in [9.17, 15) is 9.90 Å². The van der Waals surface area contributed by atoms with Crippen molar-refractivity contribution >= 4 is 16.6 Å². The van der Waals surface area contributed by atoms with Gasteiger partial charge in [0.2, 0.25) is 0 Å². The first-order valence-corrected chi connectivity index (χ1v) is 6.61. The van der Waals surface area contributed by atoms with Crippen molar-refractivity contribution in [3.05, 3.63) is 65.7 Å². The number of phenolic OH excluding ortho intramolecular Hbond substituents is 1. The van der Waals surface area contributed by atoms with Crippen molar-refractivity contribution in [2.45, 2.75) is 6.42 Å². The second-order valence-corrected chi connectivity index (χ2v) is 5.15. The highest BCUT2D eigenvalue weighted by atomic mass is 16.3. The van der Waals surface area contributed by atoms with Gasteiger partial charge in [-0.3, -0.25) is 4.79 Å². The number of aromatic hydroxyl groups is 1. The molecule has 4 rings (SSSR count). The van der Waals surface area contributed by atoms with Gasteiger partial charge in [-0.05, 0) is 39.6 Å². The van der Waals surface area contributed by atoms with Crippen LogP contribution in [0.25, 0.3) is 21.9 Å². The van der Waals surface area contributed by atoms with E-state index < -0.39 is 0 Å². The van der Waals surface area contributed by atoms with E-state index in [1.807, 2.05) is 36.4 Å². The van der Waals surface area contributed by atoms with E-state index in [1.54, 1.807) is 12.1 Å². The normalized spacial score (nSPS) is 13.1. The fraction of sp³-hybridized carbons (Fsp3) is 0.0556. The molecule has 0 heterocycles. The fourth-order valence-electron chi connectivity index (χ4n) is 3.03. The molecule has 0 saturated carbocycles. The van der Waals surface area contributed by atoms with Gasteiger partial charge in [-0.1, -0.05) is 42.5 Å². The Kier molecular flexibility index (Phi) is 2.21. The maximum atomic E-state index is 12.4. The Bertz CT molecular complexity index is 845. The van der Waals surface area contributed by atoms with Crippen molar-refractivity contribution in [2.24, 2.45) is 0 Å². The van der Waals surface area contributed by atoms with Crippen molar-refractivity contribution in [1.29, 1.82) is 0 Å². The van der Waals surface area contributed by atoms with Gasteiger partial charge in [-0.15, -0.1) is 0 Å². The molecular weight excluding hydrogens is 248 g/mol. The van der Waals surface area contributed by atoms with Crippen LogP contribution in [0.15, 0.2) is 54.6 Å². The van der Waals surface area contributed by atoms with Crippen LogP contribution in [-0.4, -0.2) is 10.9 Å². The van der Waals surface area contributed by atoms with Gasteiger partial charge in [0.1, 0.15) is 5.75 Å². The molecule has 96 valence electrons. The Balaban J connectivity index is 2.06. The number of carbonyl (C=O) groups excluding carboxylic acids is 1. The zero-order valence-corrected chi connectivity index (χ0v) is 10.8. The first-order chi connectivity index (χ1) is 9.74. The SMILES string of the molecule is O=C1Cc2cccc3ccc(-c4ccc(O)cc4)c1c23. The van der Waals surface area contributed by atoms with Gasteiger partial charge in [0.25, 0.3) is 0 Å². The number of ketones is 1. The Morgan fingerprint density at radius 1 is 0.900 bits per heavy atom. The van der Waals surface area contributed by atoms with E-state index in [2.05, 4.69) is 6.07 Å². The summed E-state index contributed by atoms with van der Waals surface area (Å²) in [5, 5.41) is 11.6. The predicted molar refractivity (Wildman–Crippen MR) is 79.1 cm³/mol. The van der Waals surface area contributed by atoms with Crippen LogP contribution < -0.4 is 0 Å². The third kappa shape index (κ3) is 1.48. The number of Topliss-reactive ketones (excluding diaryl/α,β-unsaturated/α-hetero) is 1. The highest BCUT2D eigenvalue weighted by Crippen LogP contribution is 2.37. The fourth-order valence-corrected chi connectivity index (χ4v) is 3.03. The van der Waals surface area contributed by atoms with Gasteiger partial charge in [0.05, 0.1) is 0 Å². The minimum Gasteiger partial charge on any atom is -0.508 e. The van der Waals surface area contributed by atoms with Gasteiger partial charge in [0.15, 0.2) is 5.78 Å². The molecule has 20 heavy (non-hydrogen) atoms. The average molecular weight is 260 g/mol. The summed E-state index contributed by atoms with van der Waals surface area (Å²) in [5.41, 5.74) is 3.85. The molecule has 2 heteroatoms. The van der Waals surface area contributed by atoms with E-state index in [-0.39, 0.29) is 11.5 Å². The molecule has 3 aromatic carbocycles. The zero-order valence-electron chi connectivity index (χ0n) is 10.8. The second-order valence-electron chi connectivity index (χ2n) is 5.15. The number of hydrogen-bond donors (Lipinski definition) is 1. The molecule has 0 saturated heterocycles. The van der Waals surface area contributed by atoms with Crippen molar-refractivity contribution in [2.75, 3.05) is 0 Å². The zero-order chi connectivity index (χ0) is 13.7. The summed E-state index contributed by atoms with van der Waals surface area (Å²) < 4.78 is 0. The van der Waals surface area contributed by atoms with Crippen LogP contribution >= 0.6 is 0 Å². The first-order valence-electron chi connectivity index (χ1n) is 6.61. The molecule has 0 aromatic heterocycles. The summed E-state index contributed by atoms with van der Waals surface area (Å²) in [6.45, 7) is 0. The van der Waals surface area contributed by atoms with Crippen LogP contribution in [-0.2, 0) is 6.42 Å². The lowest BCUT2D eigenvalue weighted by Gasteiger charge is -2.08. The molecule has 0 radical (unpaired) electrons. The maximum Gasteiger partial charge on any atom is 0.168 e. The van der Waals surface area contributed by atoms with Crippen LogP contribution in [0.4, 0.5) is 0 Å². The number of hydrogen-bond acceptors (Lipinski definition) is 2. The van der Waals surface area contributed by atoms with Crippen molar-refractivity contribution in [3.8, 4) is 16.9 Å². The molecule has 3 aromatic rings. The van der Waals surface area contributed by atoms with Gasteiger partial charge in [-0.2, -0.15) is 0 Å². The summed E-state index contributed by atoms with van der Waals surface area (Å²) in [7, 11) is 0. The standard InChI is InChI=1S/C18H12O2/c19-14-7-4-11(5-8-14)15-9-6-12-2-1-3-13-10-16(20)18(15)17(12)13/h1-9,19H,10H2. The Hall–Kier alpha value is -2.61. The molecule has 0 bridgehead atoms. The molecule has 1 aliphatic rings. The number of benzene rings is 3. The lowest BCUT2D eigenvalue weighted by atomic mass is 9.95. The van der Waals surface area contributed by atoms with Gasteiger partial charge >= 0.3 is 0 Å². The molecule has 1 N–H and O–H groups in total. The van der Waals surface area contributed by atoms with Crippen molar-refractivity contribution in [1.82, 2.24) is 0 Å². The molecule has 2 nitrogen and oxygen atoms in total. The molecule has 1 aliphatic carbocycles.